The van der Waals surface area contributed by atoms with Crippen molar-refractivity contribution in [3.63, 3.8) is 0 Å². The highest BCUT2D eigenvalue weighted by Gasteiger charge is 2.36. The Morgan fingerprint density at radius 3 is 3.06 bits per heavy atom. The lowest BCUT2D eigenvalue weighted by Gasteiger charge is -2.41. The summed E-state index contributed by atoms with van der Waals surface area (Å²) < 4.78 is 6.10. The number of thiazole rings is 1. The van der Waals surface area contributed by atoms with Crippen LogP contribution >= 0.6 is 11.3 Å². The maximum atomic E-state index is 6.10. The van der Waals surface area contributed by atoms with Gasteiger partial charge in [-0.15, -0.1) is 11.3 Å². The van der Waals surface area contributed by atoms with Crippen molar-refractivity contribution in [2.45, 2.75) is 57.6 Å². The van der Waals surface area contributed by atoms with Crippen molar-refractivity contribution in [1.29, 1.82) is 0 Å². The molecule has 2 heterocycles. The lowest BCUT2D eigenvalue weighted by Crippen LogP contribution is -2.53. The van der Waals surface area contributed by atoms with Gasteiger partial charge in [0.1, 0.15) is 0 Å². The number of rotatable bonds is 6. The molecule has 1 aromatic heterocycles. The van der Waals surface area contributed by atoms with Crippen molar-refractivity contribution in [1.82, 2.24) is 10.3 Å². The van der Waals surface area contributed by atoms with Gasteiger partial charge in [0.25, 0.3) is 0 Å². The van der Waals surface area contributed by atoms with Gasteiger partial charge >= 0.3 is 0 Å². The van der Waals surface area contributed by atoms with E-state index in [0.717, 1.165) is 32.4 Å². The topological polar surface area (TPSA) is 34.2 Å². The lowest BCUT2D eigenvalue weighted by atomic mass is 9.86. The van der Waals surface area contributed by atoms with E-state index < -0.39 is 0 Å². The van der Waals surface area contributed by atoms with Gasteiger partial charge in [0.15, 0.2) is 0 Å². The predicted octanol–water partition coefficient (Wildman–Crippen LogP) is 3.01. The van der Waals surface area contributed by atoms with Crippen LogP contribution in [0.25, 0.3) is 0 Å². The number of nitrogens with one attached hydrogen (secondary N) is 1. The number of hydrogen-bond acceptors (Lipinski definition) is 4. The molecule has 2 unspecified atom stereocenters. The summed E-state index contributed by atoms with van der Waals surface area (Å²) in [6, 6.07) is 0.401. The third-order valence-electron chi connectivity index (χ3n) is 3.77. The summed E-state index contributed by atoms with van der Waals surface area (Å²) in [5.74, 6) is 0. The standard InChI is InChI=1S/C14H24N2OS/c1-3-7-16-13(9-12-10-15-11-18-12)14(2)6-4-5-8-17-14/h10-11,13,16H,3-9H2,1-2H3. The van der Waals surface area contributed by atoms with Crippen molar-refractivity contribution in [2.75, 3.05) is 13.2 Å². The first-order chi connectivity index (χ1) is 8.74. The zero-order chi connectivity index (χ0) is 12.8. The van der Waals surface area contributed by atoms with Crippen LogP contribution in [-0.4, -0.2) is 29.8 Å². The molecule has 0 aromatic carbocycles. The van der Waals surface area contributed by atoms with Crippen LogP contribution in [0.1, 0.15) is 44.4 Å². The van der Waals surface area contributed by atoms with Crippen molar-refractivity contribution >= 4 is 11.3 Å². The second-order valence-electron chi connectivity index (χ2n) is 5.30. The first-order valence-corrected chi connectivity index (χ1v) is 7.87. The highest BCUT2D eigenvalue weighted by atomic mass is 32.1. The van der Waals surface area contributed by atoms with Gasteiger partial charge in [0.2, 0.25) is 0 Å². The highest BCUT2D eigenvalue weighted by Crippen LogP contribution is 2.30. The molecule has 0 radical (unpaired) electrons. The fraction of sp³-hybridized carbons (Fsp3) is 0.786. The Labute approximate surface area is 114 Å². The molecule has 1 aliphatic heterocycles. The first-order valence-electron chi connectivity index (χ1n) is 6.99. The Bertz CT molecular complexity index is 334. The molecule has 102 valence electrons. The monoisotopic (exact) mass is 268 g/mol. The second-order valence-corrected chi connectivity index (χ2v) is 6.27. The van der Waals surface area contributed by atoms with E-state index in [1.54, 1.807) is 11.3 Å². The SMILES string of the molecule is CCCNC(Cc1cncs1)C1(C)CCCCO1. The van der Waals surface area contributed by atoms with E-state index in [0.29, 0.717) is 6.04 Å². The van der Waals surface area contributed by atoms with Crippen molar-refractivity contribution in [2.24, 2.45) is 0 Å². The van der Waals surface area contributed by atoms with Crippen LogP contribution in [0.5, 0.6) is 0 Å². The van der Waals surface area contributed by atoms with Gasteiger partial charge in [-0.05, 0) is 39.2 Å². The third-order valence-corrected chi connectivity index (χ3v) is 4.57. The van der Waals surface area contributed by atoms with Gasteiger partial charge < -0.3 is 10.1 Å². The predicted molar refractivity (Wildman–Crippen MR) is 76.1 cm³/mol. The molecule has 0 amide bonds. The van der Waals surface area contributed by atoms with Crippen LogP contribution in [0.3, 0.4) is 0 Å². The van der Waals surface area contributed by atoms with E-state index in [2.05, 4.69) is 24.1 Å². The summed E-state index contributed by atoms with van der Waals surface area (Å²) in [4.78, 5) is 5.52. The van der Waals surface area contributed by atoms with Crippen molar-refractivity contribution < 1.29 is 4.74 Å². The van der Waals surface area contributed by atoms with Crippen LogP contribution in [0.2, 0.25) is 0 Å². The maximum Gasteiger partial charge on any atom is 0.0810 e. The van der Waals surface area contributed by atoms with E-state index in [4.69, 9.17) is 4.74 Å². The molecule has 0 bridgehead atoms. The molecule has 1 aliphatic rings. The molecule has 3 nitrogen and oxygen atoms in total. The van der Waals surface area contributed by atoms with Crippen LogP contribution in [-0.2, 0) is 11.2 Å². The van der Waals surface area contributed by atoms with E-state index in [1.165, 1.54) is 17.7 Å². The molecule has 0 saturated carbocycles. The minimum absolute atomic E-state index is 0.0165. The summed E-state index contributed by atoms with van der Waals surface area (Å²) in [5, 5.41) is 3.67. The average molecular weight is 268 g/mol. The van der Waals surface area contributed by atoms with Crippen molar-refractivity contribution in [3.05, 3.63) is 16.6 Å². The Morgan fingerprint density at radius 1 is 1.56 bits per heavy atom. The fourth-order valence-corrected chi connectivity index (χ4v) is 3.24. The molecule has 0 spiro atoms. The highest BCUT2D eigenvalue weighted by molar-refractivity contribution is 7.09. The molecule has 1 saturated heterocycles. The Morgan fingerprint density at radius 2 is 2.44 bits per heavy atom. The minimum atomic E-state index is -0.0165. The summed E-state index contributed by atoms with van der Waals surface area (Å²) in [6.07, 6.45) is 7.82. The van der Waals surface area contributed by atoms with Gasteiger partial charge in [-0.3, -0.25) is 4.98 Å². The summed E-state index contributed by atoms with van der Waals surface area (Å²) in [5.41, 5.74) is 1.90. The molecule has 0 aliphatic carbocycles. The number of hydrogen-bond donors (Lipinski definition) is 1. The molecule has 1 N–H and O–H groups in total. The van der Waals surface area contributed by atoms with Gasteiger partial charge in [-0.2, -0.15) is 0 Å². The van der Waals surface area contributed by atoms with Gasteiger partial charge in [0, 0.05) is 30.1 Å². The zero-order valence-corrected chi connectivity index (χ0v) is 12.3. The lowest BCUT2D eigenvalue weighted by molar-refractivity contribution is -0.0882. The van der Waals surface area contributed by atoms with Crippen LogP contribution in [0.15, 0.2) is 11.7 Å². The van der Waals surface area contributed by atoms with Crippen LogP contribution in [0.4, 0.5) is 0 Å². The molecule has 4 heteroatoms. The molecule has 1 aromatic rings. The number of ether oxygens (including phenoxy) is 1. The summed E-state index contributed by atoms with van der Waals surface area (Å²) >= 11 is 1.74. The molecule has 2 atom stereocenters. The minimum Gasteiger partial charge on any atom is -0.374 e. The molecular weight excluding hydrogens is 244 g/mol. The quantitative estimate of drug-likeness (QED) is 0.861. The van der Waals surface area contributed by atoms with Crippen LogP contribution in [0, 0.1) is 0 Å². The van der Waals surface area contributed by atoms with Crippen LogP contribution < -0.4 is 5.32 Å². The molecule has 18 heavy (non-hydrogen) atoms. The third kappa shape index (κ3) is 3.53. The molecule has 2 rings (SSSR count). The average Bonchev–Trinajstić information content (AvgIpc) is 2.88. The Kier molecular flexibility index (Phi) is 5.15. The second kappa shape index (κ2) is 6.64. The van der Waals surface area contributed by atoms with Gasteiger partial charge in [-0.1, -0.05) is 6.92 Å². The summed E-state index contributed by atoms with van der Waals surface area (Å²) in [7, 11) is 0. The van der Waals surface area contributed by atoms with E-state index in [9.17, 15) is 0 Å². The smallest absolute Gasteiger partial charge is 0.0810 e. The molecule has 1 fully saturated rings. The maximum absolute atomic E-state index is 6.10. The van der Waals surface area contributed by atoms with E-state index >= 15 is 0 Å². The van der Waals surface area contributed by atoms with Gasteiger partial charge in [0.05, 0.1) is 11.1 Å². The molecular formula is C14H24N2OS. The van der Waals surface area contributed by atoms with E-state index in [-0.39, 0.29) is 5.60 Å². The van der Waals surface area contributed by atoms with Crippen molar-refractivity contribution in [3.8, 4) is 0 Å². The van der Waals surface area contributed by atoms with E-state index in [1.807, 2.05) is 11.7 Å². The summed E-state index contributed by atoms with van der Waals surface area (Å²) in [6.45, 7) is 6.44. The number of nitrogens with zero attached hydrogens (tertiary/aromatic N) is 1. The Hall–Kier alpha value is -0.450. The number of aromatic nitrogens is 1. The first kappa shape index (κ1) is 14.0. The normalized spacial score (nSPS) is 26.1. The zero-order valence-electron chi connectivity index (χ0n) is 11.4. The Balaban J connectivity index is 2.03. The fourth-order valence-electron chi connectivity index (χ4n) is 2.60. The van der Waals surface area contributed by atoms with Gasteiger partial charge in [-0.25, -0.2) is 0 Å². The largest absolute Gasteiger partial charge is 0.374 e.